The Hall–Kier alpha value is -2.41. The summed E-state index contributed by atoms with van der Waals surface area (Å²) in [6, 6.07) is 7.66. The standard InChI is InChI=1S/C24H34N4O3/c29-22-9-6-12-28(22)18-20-7-5-8-21(17-20)24(31)27-15-13-25(14-16-27)19-23(30)26-10-3-1-2-4-11-26/h5,7-8,17H,1-4,6,9-16,18-19H2. The highest BCUT2D eigenvalue weighted by Gasteiger charge is 2.26. The maximum Gasteiger partial charge on any atom is 0.253 e. The Labute approximate surface area is 185 Å². The molecule has 0 saturated carbocycles. The van der Waals surface area contributed by atoms with Crippen molar-refractivity contribution >= 4 is 17.7 Å². The lowest BCUT2D eigenvalue weighted by Crippen LogP contribution is -2.51. The molecule has 0 radical (unpaired) electrons. The van der Waals surface area contributed by atoms with Gasteiger partial charge in [0.1, 0.15) is 0 Å². The van der Waals surface area contributed by atoms with Gasteiger partial charge < -0.3 is 14.7 Å². The molecule has 0 atom stereocenters. The van der Waals surface area contributed by atoms with Gasteiger partial charge >= 0.3 is 0 Å². The van der Waals surface area contributed by atoms with Crippen LogP contribution in [0.3, 0.4) is 0 Å². The first kappa shape index (κ1) is 21.8. The number of piperazine rings is 1. The second-order valence-electron chi connectivity index (χ2n) is 8.98. The zero-order chi connectivity index (χ0) is 21.6. The highest BCUT2D eigenvalue weighted by molar-refractivity contribution is 5.94. The van der Waals surface area contributed by atoms with Crippen LogP contribution >= 0.6 is 0 Å². The smallest absolute Gasteiger partial charge is 0.253 e. The summed E-state index contributed by atoms with van der Waals surface area (Å²) in [4.78, 5) is 45.5. The van der Waals surface area contributed by atoms with Crippen molar-refractivity contribution in [3.05, 3.63) is 35.4 Å². The number of hydrogen-bond donors (Lipinski definition) is 0. The van der Waals surface area contributed by atoms with Gasteiger partial charge in [0.25, 0.3) is 5.91 Å². The molecule has 31 heavy (non-hydrogen) atoms. The third kappa shape index (κ3) is 5.64. The number of carbonyl (C=O) groups is 3. The number of amides is 3. The molecule has 0 N–H and O–H groups in total. The number of hydrogen-bond acceptors (Lipinski definition) is 4. The van der Waals surface area contributed by atoms with Crippen molar-refractivity contribution in [3.63, 3.8) is 0 Å². The normalized spacial score (nSPS) is 20.8. The molecule has 1 aromatic carbocycles. The van der Waals surface area contributed by atoms with E-state index in [0.29, 0.717) is 38.2 Å². The van der Waals surface area contributed by atoms with Gasteiger partial charge in [-0.15, -0.1) is 0 Å². The van der Waals surface area contributed by atoms with Gasteiger partial charge in [-0.05, 0) is 37.0 Å². The molecule has 3 aliphatic heterocycles. The van der Waals surface area contributed by atoms with E-state index in [4.69, 9.17) is 0 Å². The van der Waals surface area contributed by atoms with Crippen molar-refractivity contribution in [2.24, 2.45) is 0 Å². The summed E-state index contributed by atoms with van der Waals surface area (Å²) in [6.45, 7) is 6.35. The molecular formula is C24H34N4O3. The molecule has 7 nitrogen and oxygen atoms in total. The Bertz CT molecular complexity index is 796. The first-order valence-corrected chi connectivity index (χ1v) is 11.8. The number of benzene rings is 1. The van der Waals surface area contributed by atoms with Gasteiger partial charge in [-0.25, -0.2) is 0 Å². The Morgan fingerprint density at radius 1 is 0.806 bits per heavy atom. The summed E-state index contributed by atoms with van der Waals surface area (Å²) in [5, 5.41) is 0. The van der Waals surface area contributed by atoms with Crippen LogP contribution in [0, 0.1) is 0 Å². The van der Waals surface area contributed by atoms with Gasteiger partial charge in [0.05, 0.1) is 6.54 Å². The second kappa shape index (κ2) is 10.3. The lowest BCUT2D eigenvalue weighted by molar-refractivity contribution is -0.132. The van der Waals surface area contributed by atoms with E-state index >= 15 is 0 Å². The van der Waals surface area contributed by atoms with Gasteiger partial charge in [-0.2, -0.15) is 0 Å². The van der Waals surface area contributed by atoms with Crippen molar-refractivity contribution in [3.8, 4) is 0 Å². The molecule has 0 spiro atoms. The van der Waals surface area contributed by atoms with Crippen LogP contribution in [0.15, 0.2) is 24.3 Å². The molecule has 3 fully saturated rings. The van der Waals surface area contributed by atoms with Crippen LogP contribution in [0.1, 0.15) is 54.4 Å². The molecule has 0 bridgehead atoms. The molecular weight excluding hydrogens is 392 g/mol. The number of carbonyl (C=O) groups excluding carboxylic acids is 3. The Balaban J connectivity index is 1.27. The van der Waals surface area contributed by atoms with Gasteiger partial charge in [0, 0.05) is 64.3 Å². The molecule has 0 aromatic heterocycles. The monoisotopic (exact) mass is 426 g/mol. The fraction of sp³-hybridized carbons (Fsp3) is 0.625. The number of nitrogens with zero attached hydrogens (tertiary/aromatic N) is 4. The predicted octanol–water partition coefficient (Wildman–Crippen LogP) is 1.97. The van der Waals surface area contributed by atoms with Crippen molar-refractivity contribution in [1.82, 2.24) is 19.6 Å². The van der Waals surface area contributed by atoms with E-state index in [-0.39, 0.29) is 17.7 Å². The summed E-state index contributed by atoms with van der Waals surface area (Å²) in [5.41, 5.74) is 1.68. The van der Waals surface area contributed by atoms with Gasteiger partial charge in [-0.3, -0.25) is 19.3 Å². The summed E-state index contributed by atoms with van der Waals surface area (Å²) in [7, 11) is 0. The Kier molecular flexibility index (Phi) is 7.22. The van der Waals surface area contributed by atoms with Gasteiger partial charge in [0.2, 0.25) is 11.8 Å². The minimum absolute atomic E-state index is 0.0353. The van der Waals surface area contributed by atoms with E-state index in [9.17, 15) is 14.4 Å². The third-order valence-electron chi connectivity index (χ3n) is 6.70. The first-order chi connectivity index (χ1) is 15.1. The van der Waals surface area contributed by atoms with Crippen LogP contribution in [0.5, 0.6) is 0 Å². The average molecular weight is 427 g/mol. The van der Waals surface area contributed by atoms with E-state index in [2.05, 4.69) is 4.90 Å². The summed E-state index contributed by atoms with van der Waals surface area (Å²) < 4.78 is 0. The molecule has 7 heteroatoms. The molecule has 4 rings (SSSR count). The molecule has 3 heterocycles. The van der Waals surface area contributed by atoms with E-state index in [0.717, 1.165) is 57.5 Å². The van der Waals surface area contributed by atoms with Crippen molar-refractivity contribution in [2.75, 3.05) is 52.4 Å². The minimum atomic E-state index is 0.0353. The van der Waals surface area contributed by atoms with E-state index in [1.54, 1.807) is 0 Å². The largest absolute Gasteiger partial charge is 0.342 e. The molecule has 3 amide bonds. The van der Waals surface area contributed by atoms with E-state index < -0.39 is 0 Å². The van der Waals surface area contributed by atoms with Crippen LogP contribution in [0.4, 0.5) is 0 Å². The van der Waals surface area contributed by atoms with Crippen molar-refractivity contribution in [1.29, 1.82) is 0 Å². The van der Waals surface area contributed by atoms with Gasteiger partial charge in [-0.1, -0.05) is 25.0 Å². The van der Waals surface area contributed by atoms with Crippen LogP contribution in [0.25, 0.3) is 0 Å². The number of likely N-dealkylation sites (tertiary alicyclic amines) is 2. The average Bonchev–Trinajstić information content (AvgIpc) is 3.02. The third-order valence-corrected chi connectivity index (χ3v) is 6.70. The molecule has 168 valence electrons. The highest BCUT2D eigenvalue weighted by Crippen LogP contribution is 2.17. The Morgan fingerprint density at radius 3 is 2.23 bits per heavy atom. The molecule has 3 aliphatic rings. The molecule has 3 saturated heterocycles. The second-order valence-corrected chi connectivity index (χ2v) is 8.98. The molecule has 0 unspecified atom stereocenters. The fourth-order valence-electron chi connectivity index (χ4n) is 4.80. The van der Waals surface area contributed by atoms with Crippen LogP contribution < -0.4 is 0 Å². The minimum Gasteiger partial charge on any atom is -0.342 e. The lowest BCUT2D eigenvalue weighted by Gasteiger charge is -2.35. The molecule has 0 aliphatic carbocycles. The summed E-state index contributed by atoms with van der Waals surface area (Å²) >= 11 is 0. The molecule has 1 aromatic rings. The lowest BCUT2D eigenvalue weighted by atomic mass is 10.1. The van der Waals surface area contributed by atoms with Crippen LogP contribution in [-0.2, 0) is 16.1 Å². The SMILES string of the molecule is O=C(CN1CCN(C(=O)c2cccc(CN3CCCC3=O)c2)CC1)N1CCCCCC1. The first-order valence-electron chi connectivity index (χ1n) is 11.8. The number of rotatable bonds is 5. The fourth-order valence-corrected chi connectivity index (χ4v) is 4.80. The summed E-state index contributed by atoms with van der Waals surface area (Å²) in [5.74, 6) is 0.460. The van der Waals surface area contributed by atoms with Crippen LogP contribution in [0.2, 0.25) is 0 Å². The van der Waals surface area contributed by atoms with Crippen molar-refractivity contribution < 1.29 is 14.4 Å². The Morgan fingerprint density at radius 2 is 1.55 bits per heavy atom. The summed E-state index contributed by atoms with van der Waals surface area (Å²) in [6.07, 6.45) is 6.21. The zero-order valence-electron chi connectivity index (χ0n) is 18.4. The van der Waals surface area contributed by atoms with Crippen molar-refractivity contribution in [2.45, 2.75) is 45.1 Å². The zero-order valence-corrected chi connectivity index (χ0v) is 18.4. The maximum atomic E-state index is 13.0. The van der Waals surface area contributed by atoms with Gasteiger partial charge in [0.15, 0.2) is 0 Å². The van der Waals surface area contributed by atoms with Crippen LogP contribution in [-0.4, -0.2) is 89.7 Å². The maximum absolute atomic E-state index is 13.0. The van der Waals surface area contributed by atoms with E-state index in [1.807, 2.05) is 39.0 Å². The quantitative estimate of drug-likeness (QED) is 0.722. The predicted molar refractivity (Wildman–Crippen MR) is 118 cm³/mol. The van der Waals surface area contributed by atoms with E-state index in [1.165, 1.54) is 12.8 Å². The highest BCUT2D eigenvalue weighted by atomic mass is 16.2. The topological polar surface area (TPSA) is 64.2 Å².